The van der Waals surface area contributed by atoms with Crippen LogP contribution in [0, 0.1) is 0 Å². The molecule has 0 amide bonds. The Bertz CT molecular complexity index is 2860. The van der Waals surface area contributed by atoms with Crippen LogP contribution < -0.4 is 0 Å². The Balaban J connectivity index is 1.34. The molecule has 0 spiro atoms. The number of hydrogen-bond donors (Lipinski definition) is 0. The summed E-state index contributed by atoms with van der Waals surface area (Å²) in [5.41, 5.74) is 5.20. The zero-order valence-electron chi connectivity index (χ0n) is 27.0. The molecule has 0 unspecified atom stereocenters. The van der Waals surface area contributed by atoms with Crippen LogP contribution in [0.5, 0.6) is 0 Å². The standard InChI is InChI=1S/C46H28N4/c1-2-13-31(14-3-1)44-48-45(41-28-40-32-15-5-4-12-29(32)22-23-35(40)33-16-6-7-17-34(33)41)50-46(49-44)43-38-20-10-8-18-36(38)42(30-24-26-47-27-25-30)37-19-9-11-21-39(37)43/h1-28H. The Morgan fingerprint density at radius 1 is 0.300 bits per heavy atom. The van der Waals surface area contributed by atoms with Gasteiger partial charge in [-0.1, -0.05) is 140 Å². The second-order valence-electron chi connectivity index (χ2n) is 12.6. The number of benzene rings is 8. The number of aromatic nitrogens is 4. The first-order valence-electron chi connectivity index (χ1n) is 16.8. The van der Waals surface area contributed by atoms with E-state index in [1.165, 1.54) is 32.5 Å². The minimum absolute atomic E-state index is 0.638. The fourth-order valence-electron chi connectivity index (χ4n) is 7.57. The van der Waals surface area contributed by atoms with E-state index in [-0.39, 0.29) is 0 Å². The zero-order chi connectivity index (χ0) is 33.0. The van der Waals surface area contributed by atoms with Crippen LogP contribution in [0.1, 0.15) is 0 Å². The smallest absolute Gasteiger partial charge is 0.165 e. The van der Waals surface area contributed by atoms with Gasteiger partial charge in [-0.25, -0.2) is 15.0 Å². The van der Waals surface area contributed by atoms with Crippen LogP contribution in [-0.4, -0.2) is 19.9 Å². The molecule has 10 aromatic rings. The zero-order valence-corrected chi connectivity index (χ0v) is 27.0. The highest BCUT2D eigenvalue weighted by molar-refractivity contribution is 6.22. The van der Waals surface area contributed by atoms with Gasteiger partial charge in [-0.15, -0.1) is 0 Å². The molecule has 0 atom stereocenters. The summed E-state index contributed by atoms with van der Waals surface area (Å²) in [5.74, 6) is 1.93. The molecule has 2 heterocycles. The minimum Gasteiger partial charge on any atom is -0.265 e. The Morgan fingerprint density at radius 2 is 0.820 bits per heavy atom. The summed E-state index contributed by atoms with van der Waals surface area (Å²) in [6.45, 7) is 0. The van der Waals surface area contributed by atoms with Gasteiger partial charge < -0.3 is 0 Å². The van der Waals surface area contributed by atoms with E-state index in [0.29, 0.717) is 17.5 Å². The lowest BCUT2D eigenvalue weighted by Gasteiger charge is -2.18. The van der Waals surface area contributed by atoms with Gasteiger partial charge in [-0.3, -0.25) is 4.98 Å². The van der Waals surface area contributed by atoms with Crippen molar-refractivity contribution in [1.82, 2.24) is 19.9 Å². The highest BCUT2D eigenvalue weighted by Crippen LogP contribution is 2.44. The largest absolute Gasteiger partial charge is 0.265 e. The van der Waals surface area contributed by atoms with Crippen molar-refractivity contribution < 1.29 is 0 Å². The normalized spacial score (nSPS) is 11.6. The molecule has 0 N–H and O–H groups in total. The molecule has 0 bridgehead atoms. The predicted molar refractivity (Wildman–Crippen MR) is 207 cm³/mol. The molecule has 10 rings (SSSR count). The summed E-state index contributed by atoms with van der Waals surface area (Å²) in [4.78, 5) is 20.2. The molecule has 0 radical (unpaired) electrons. The lowest BCUT2D eigenvalue weighted by atomic mass is 9.88. The predicted octanol–water partition coefficient (Wildman–Crippen LogP) is 11.7. The average molecular weight is 637 g/mol. The van der Waals surface area contributed by atoms with Crippen LogP contribution in [0.15, 0.2) is 170 Å². The van der Waals surface area contributed by atoms with E-state index in [0.717, 1.165) is 49.2 Å². The van der Waals surface area contributed by atoms with Gasteiger partial charge in [0.15, 0.2) is 17.5 Å². The molecule has 232 valence electrons. The maximum atomic E-state index is 5.41. The molecular weight excluding hydrogens is 609 g/mol. The van der Waals surface area contributed by atoms with Gasteiger partial charge in [0, 0.05) is 29.1 Å². The van der Waals surface area contributed by atoms with Crippen molar-refractivity contribution in [3.05, 3.63) is 170 Å². The molecule has 0 fully saturated rings. The van der Waals surface area contributed by atoms with E-state index in [1.54, 1.807) is 0 Å². The molecular formula is C46H28N4. The highest BCUT2D eigenvalue weighted by Gasteiger charge is 2.21. The Labute approximate surface area is 288 Å². The summed E-state index contributed by atoms with van der Waals surface area (Å²) in [5, 5.41) is 11.5. The van der Waals surface area contributed by atoms with Gasteiger partial charge in [0.05, 0.1) is 0 Å². The maximum absolute atomic E-state index is 5.41. The molecule has 8 aromatic carbocycles. The lowest BCUT2D eigenvalue weighted by Crippen LogP contribution is -2.02. The van der Waals surface area contributed by atoms with Gasteiger partial charge in [0.2, 0.25) is 0 Å². The van der Waals surface area contributed by atoms with Crippen molar-refractivity contribution in [2.75, 3.05) is 0 Å². The maximum Gasteiger partial charge on any atom is 0.165 e. The fraction of sp³-hybridized carbons (Fsp3) is 0. The molecule has 0 aliphatic rings. The van der Waals surface area contributed by atoms with Crippen LogP contribution in [0.3, 0.4) is 0 Å². The molecule has 0 saturated heterocycles. The fourth-order valence-corrected chi connectivity index (χ4v) is 7.57. The number of fused-ring (bicyclic) bond motifs is 7. The third kappa shape index (κ3) is 4.46. The molecule has 4 nitrogen and oxygen atoms in total. The summed E-state index contributed by atoms with van der Waals surface area (Å²) < 4.78 is 0. The van der Waals surface area contributed by atoms with Crippen molar-refractivity contribution >= 4 is 53.9 Å². The van der Waals surface area contributed by atoms with E-state index in [4.69, 9.17) is 15.0 Å². The first-order chi connectivity index (χ1) is 24.8. The summed E-state index contributed by atoms with van der Waals surface area (Å²) in [6, 6.07) is 55.4. The number of hydrogen-bond acceptors (Lipinski definition) is 4. The average Bonchev–Trinajstić information content (AvgIpc) is 3.20. The number of pyridine rings is 1. The molecule has 0 aliphatic carbocycles. The van der Waals surface area contributed by atoms with Crippen LogP contribution in [-0.2, 0) is 0 Å². The number of nitrogens with zero attached hydrogens (tertiary/aromatic N) is 4. The van der Waals surface area contributed by atoms with Crippen molar-refractivity contribution in [2.45, 2.75) is 0 Å². The molecule has 50 heavy (non-hydrogen) atoms. The van der Waals surface area contributed by atoms with E-state index >= 15 is 0 Å². The van der Waals surface area contributed by atoms with Crippen molar-refractivity contribution in [2.24, 2.45) is 0 Å². The highest BCUT2D eigenvalue weighted by atomic mass is 15.0. The van der Waals surface area contributed by atoms with Gasteiger partial charge in [0.25, 0.3) is 0 Å². The minimum atomic E-state index is 0.638. The van der Waals surface area contributed by atoms with Gasteiger partial charge in [-0.05, 0) is 83.2 Å². The van der Waals surface area contributed by atoms with Crippen molar-refractivity contribution in [3.63, 3.8) is 0 Å². The van der Waals surface area contributed by atoms with E-state index in [9.17, 15) is 0 Å². The van der Waals surface area contributed by atoms with Gasteiger partial charge >= 0.3 is 0 Å². The van der Waals surface area contributed by atoms with E-state index < -0.39 is 0 Å². The van der Waals surface area contributed by atoms with E-state index in [2.05, 4.69) is 145 Å². The Hall–Kier alpha value is -6.78. The monoisotopic (exact) mass is 636 g/mol. The van der Waals surface area contributed by atoms with Crippen LogP contribution in [0.4, 0.5) is 0 Å². The SMILES string of the molecule is c1ccc(-c2nc(-c3c4ccccc4c(-c4ccncc4)c4ccccc34)nc(-c3cc4c5ccccc5ccc4c4ccccc34)n2)cc1. The van der Waals surface area contributed by atoms with Crippen molar-refractivity contribution in [1.29, 1.82) is 0 Å². The first-order valence-corrected chi connectivity index (χ1v) is 16.8. The van der Waals surface area contributed by atoms with E-state index in [1.807, 2.05) is 30.6 Å². The summed E-state index contributed by atoms with van der Waals surface area (Å²) in [7, 11) is 0. The molecule has 4 heteroatoms. The van der Waals surface area contributed by atoms with Gasteiger partial charge in [-0.2, -0.15) is 0 Å². The second kappa shape index (κ2) is 11.4. The molecule has 0 saturated carbocycles. The molecule has 0 aliphatic heterocycles. The Morgan fingerprint density at radius 3 is 1.52 bits per heavy atom. The van der Waals surface area contributed by atoms with Crippen molar-refractivity contribution in [3.8, 4) is 45.3 Å². The third-order valence-corrected chi connectivity index (χ3v) is 9.80. The Kier molecular flexibility index (Phi) is 6.46. The summed E-state index contributed by atoms with van der Waals surface area (Å²) in [6.07, 6.45) is 3.71. The van der Waals surface area contributed by atoms with Crippen LogP contribution >= 0.6 is 0 Å². The van der Waals surface area contributed by atoms with Crippen LogP contribution in [0.2, 0.25) is 0 Å². The quantitative estimate of drug-likeness (QED) is 0.142. The summed E-state index contributed by atoms with van der Waals surface area (Å²) >= 11 is 0. The topological polar surface area (TPSA) is 51.6 Å². The van der Waals surface area contributed by atoms with Gasteiger partial charge in [0.1, 0.15) is 0 Å². The first kappa shape index (κ1) is 28.3. The number of rotatable bonds is 4. The lowest BCUT2D eigenvalue weighted by molar-refractivity contribution is 1.08. The molecule has 2 aromatic heterocycles. The third-order valence-electron chi connectivity index (χ3n) is 9.80. The second-order valence-corrected chi connectivity index (χ2v) is 12.6. The van der Waals surface area contributed by atoms with Crippen LogP contribution in [0.25, 0.3) is 99.2 Å².